The van der Waals surface area contributed by atoms with Gasteiger partial charge in [-0.25, -0.2) is 0 Å². The van der Waals surface area contributed by atoms with Gasteiger partial charge in [0.15, 0.2) is 11.5 Å². The van der Waals surface area contributed by atoms with Gasteiger partial charge in [-0.05, 0) is 36.9 Å². The van der Waals surface area contributed by atoms with E-state index < -0.39 is 0 Å². The predicted octanol–water partition coefficient (Wildman–Crippen LogP) is 2.49. The highest BCUT2D eigenvalue weighted by molar-refractivity contribution is 5.52. The van der Waals surface area contributed by atoms with Gasteiger partial charge in [0.05, 0.1) is 13.2 Å². The summed E-state index contributed by atoms with van der Waals surface area (Å²) in [6.07, 6.45) is 3.21. The minimum absolute atomic E-state index is 0.636. The van der Waals surface area contributed by atoms with Crippen LogP contribution >= 0.6 is 0 Å². The van der Waals surface area contributed by atoms with Crippen molar-refractivity contribution in [2.24, 2.45) is 0 Å². The third kappa shape index (κ3) is 2.07. The molecule has 1 aromatic carbocycles. The molecule has 1 atom stereocenters. The molecule has 3 rings (SSSR count). The van der Waals surface area contributed by atoms with Crippen LogP contribution in [0.4, 0.5) is 0 Å². The Kier molecular flexibility index (Phi) is 3.41. The Hall–Kier alpha value is -1.22. The van der Waals surface area contributed by atoms with Crippen molar-refractivity contribution in [2.75, 3.05) is 26.3 Å². The Bertz CT molecular complexity index is 425. The van der Waals surface area contributed by atoms with E-state index in [1.807, 2.05) is 0 Å². The molecule has 1 unspecified atom stereocenters. The molecule has 0 amide bonds. The zero-order valence-electron chi connectivity index (χ0n) is 11.0. The summed E-state index contributed by atoms with van der Waals surface area (Å²) in [6.45, 7) is 5.96. The molecule has 1 aromatic rings. The fourth-order valence-electron chi connectivity index (χ4n) is 2.98. The molecule has 0 aromatic heterocycles. The van der Waals surface area contributed by atoms with Gasteiger partial charge in [-0.15, -0.1) is 0 Å². The van der Waals surface area contributed by atoms with Gasteiger partial charge in [-0.3, -0.25) is 0 Å². The van der Waals surface area contributed by atoms with E-state index in [4.69, 9.17) is 9.47 Å². The molecule has 3 heteroatoms. The number of hydrogen-bond acceptors (Lipinski definition) is 3. The lowest BCUT2D eigenvalue weighted by molar-refractivity contribution is 0.296. The maximum atomic E-state index is 5.93. The maximum absolute atomic E-state index is 5.93. The summed E-state index contributed by atoms with van der Waals surface area (Å²) in [4.78, 5) is 0. The van der Waals surface area contributed by atoms with Crippen molar-refractivity contribution in [3.05, 3.63) is 23.3 Å². The maximum Gasteiger partial charge on any atom is 0.164 e. The van der Waals surface area contributed by atoms with Crippen molar-refractivity contribution in [2.45, 2.75) is 32.1 Å². The number of nitrogens with one attached hydrogen (secondary N) is 1. The molecular formula is C15H21NO2. The molecule has 2 aliphatic heterocycles. The summed E-state index contributed by atoms with van der Waals surface area (Å²) in [5.41, 5.74) is 2.80. The van der Waals surface area contributed by atoms with Crippen LogP contribution < -0.4 is 14.8 Å². The molecule has 1 saturated heterocycles. The molecule has 2 heterocycles. The Morgan fingerprint density at radius 2 is 2.17 bits per heavy atom. The first kappa shape index (κ1) is 11.8. The quantitative estimate of drug-likeness (QED) is 0.871. The first-order chi connectivity index (χ1) is 8.90. The summed E-state index contributed by atoms with van der Waals surface area (Å²) >= 11 is 0. The lowest BCUT2D eigenvalue weighted by Gasteiger charge is -2.19. The lowest BCUT2D eigenvalue weighted by atomic mass is 9.91. The van der Waals surface area contributed by atoms with Gasteiger partial charge in [0.1, 0.15) is 0 Å². The van der Waals surface area contributed by atoms with Crippen molar-refractivity contribution >= 4 is 0 Å². The number of benzene rings is 1. The first-order valence-corrected chi connectivity index (χ1v) is 7.02. The average Bonchev–Trinajstić information content (AvgIpc) is 2.82. The van der Waals surface area contributed by atoms with Gasteiger partial charge < -0.3 is 14.8 Å². The summed E-state index contributed by atoms with van der Waals surface area (Å²) in [5, 5.41) is 3.44. The van der Waals surface area contributed by atoms with Gasteiger partial charge in [-0.1, -0.05) is 13.0 Å². The smallest absolute Gasteiger partial charge is 0.164 e. The van der Waals surface area contributed by atoms with Gasteiger partial charge in [-0.2, -0.15) is 0 Å². The van der Waals surface area contributed by atoms with E-state index in [1.165, 1.54) is 17.5 Å². The van der Waals surface area contributed by atoms with Crippen LogP contribution in [0.2, 0.25) is 0 Å². The van der Waals surface area contributed by atoms with Crippen molar-refractivity contribution in [1.29, 1.82) is 0 Å². The van der Waals surface area contributed by atoms with E-state index in [1.54, 1.807) is 0 Å². The van der Waals surface area contributed by atoms with Crippen LogP contribution in [0.3, 0.4) is 0 Å². The molecule has 18 heavy (non-hydrogen) atoms. The number of fused-ring (bicyclic) bond motifs is 1. The molecule has 0 radical (unpaired) electrons. The molecule has 1 fully saturated rings. The van der Waals surface area contributed by atoms with Crippen LogP contribution in [-0.4, -0.2) is 26.3 Å². The van der Waals surface area contributed by atoms with Crippen LogP contribution in [-0.2, 0) is 6.42 Å². The Balaban J connectivity index is 2.01. The highest BCUT2D eigenvalue weighted by Gasteiger charge is 2.24. The monoisotopic (exact) mass is 247 g/mol. The van der Waals surface area contributed by atoms with E-state index >= 15 is 0 Å². The normalized spacial score (nSPS) is 22.8. The third-order valence-electron chi connectivity index (χ3n) is 3.91. The van der Waals surface area contributed by atoms with Gasteiger partial charge in [0.25, 0.3) is 0 Å². The first-order valence-electron chi connectivity index (χ1n) is 7.02. The fourth-order valence-corrected chi connectivity index (χ4v) is 2.98. The second kappa shape index (κ2) is 5.19. The zero-order valence-corrected chi connectivity index (χ0v) is 11.0. The van der Waals surface area contributed by atoms with Gasteiger partial charge in [0.2, 0.25) is 0 Å². The van der Waals surface area contributed by atoms with Crippen molar-refractivity contribution < 1.29 is 9.47 Å². The highest BCUT2D eigenvalue weighted by Crippen LogP contribution is 2.39. The Labute approximate surface area is 108 Å². The molecule has 2 aliphatic rings. The molecule has 1 N–H and O–H groups in total. The standard InChI is InChI=1S/C15H21NO2/c1-2-12-13(11-6-7-16-10-11)4-5-14-15(12)18-9-3-8-17-14/h4-5,11,16H,2-3,6-10H2,1H3. The molecule has 0 saturated carbocycles. The predicted molar refractivity (Wildman–Crippen MR) is 71.7 cm³/mol. The number of ether oxygens (including phenoxy) is 2. The minimum atomic E-state index is 0.636. The van der Waals surface area contributed by atoms with E-state index in [2.05, 4.69) is 24.4 Å². The fraction of sp³-hybridized carbons (Fsp3) is 0.600. The van der Waals surface area contributed by atoms with Crippen molar-refractivity contribution in [3.8, 4) is 11.5 Å². The molecule has 0 aliphatic carbocycles. The summed E-state index contributed by atoms with van der Waals surface area (Å²) < 4.78 is 11.7. The Morgan fingerprint density at radius 1 is 1.28 bits per heavy atom. The van der Waals surface area contributed by atoms with Crippen LogP contribution in [0.5, 0.6) is 11.5 Å². The van der Waals surface area contributed by atoms with Crippen molar-refractivity contribution in [3.63, 3.8) is 0 Å². The van der Waals surface area contributed by atoms with E-state index in [9.17, 15) is 0 Å². The van der Waals surface area contributed by atoms with Crippen LogP contribution in [0, 0.1) is 0 Å². The van der Waals surface area contributed by atoms with Crippen LogP contribution in [0.25, 0.3) is 0 Å². The molecular weight excluding hydrogens is 226 g/mol. The number of hydrogen-bond donors (Lipinski definition) is 1. The average molecular weight is 247 g/mol. The van der Waals surface area contributed by atoms with Crippen LogP contribution in [0.15, 0.2) is 12.1 Å². The lowest BCUT2D eigenvalue weighted by Crippen LogP contribution is -2.10. The molecule has 0 bridgehead atoms. The van der Waals surface area contributed by atoms with Gasteiger partial charge in [0, 0.05) is 18.5 Å². The van der Waals surface area contributed by atoms with E-state index in [0.29, 0.717) is 5.92 Å². The summed E-state index contributed by atoms with van der Waals surface area (Å²) in [7, 11) is 0. The third-order valence-corrected chi connectivity index (χ3v) is 3.91. The van der Waals surface area contributed by atoms with Crippen molar-refractivity contribution in [1.82, 2.24) is 5.32 Å². The van der Waals surface area contributed by atoms with E-state index in [-0.39, 0.29) is 0 Å². The van der Waals surface area contributed by atoms with Crippen LogP contribution in [0.1, 0.15) is 36.8 Å². The summed E-state index contributed by atoms with van der Waals surface area (Å²) in [6, 6.07) is 4.33. The zero-order chi connectivity index (χ0) is 12.4. The Morgan fingerprint density at radius 3 is 2.94 bits per heavy atom. The SMILES string of the molecule is CCc1c(C2CCNC2)ccc2c1OCCCO2. The van der Waals surface area contributed by atoms with E-state index in [0.717, 1.165) is 50.6 Å². The topological polar surface area (TPSA) is 30.5 Å². The molecule has 98 valence electrons. The number of rotatable bonds is 2. The largest absolute Gasteiger partial charge is 0.490 e. The molecule has 3 nitrogen and oxygen atoms in total. The second-order valence-electron chi connectivity index (χ2n) is 5.05. The second-order valence-corrected chi connectivity index (χ2v) is 5.05. The molecule has 0 spiro atoms. The van der Waals surface area contributed by atoms with Gasteiger partial charge >= 0.3 is 0 Å². The minimum Gasteiger partial charge on any atom is -0.490 e. The summed E-state index contributed by atoms with van der Waals surface area (Å²) in [5.74, 6) is 2.57. The highest BCUT2D eigenvalue weighted by atomic mass is 16.5.